The molecule has 1 amide bonds. The van der Waals surface area contributed by atoms with E-state index in [9.17, 15) is 9.59 Å². The lowest BCUT2D eigenvalue weighted by molar-refractivity contribution is -0.136. The smallest absolute Gasteiger partial charge is 0.404 e. The Morgan fingerprint density at radius 3 is 2.00 bits per heavy atom. The summed E-state index contributed by atoms with van der Waals surface area (Å²) in [5, 5.41) is 43.5. The van der Waals surface area contributed by atoms with Crippen LogP contribution in [0.25, 0.3) is 0 Å². The number of aliphatic hydroxyl groups is 5. The highest BCUT2D eigenvalue weighted by molar-refractivity contribution is 5.64. The fourth-order valence-corrected chi connectivity index (χ4v) is 0.760. The first-order valence-electron chi connectivity index (χ1n) is 5.02. The van der Waals surface area contributed by atoms with Crippen LogP contribution in [-0.2, 0) is 9.53 Å². The molecular weight excluding hydrogens is 250 g/mol. The molecule has 0 aliphatic rings. The Balaban J connectivity index is 0. The molecule has 0 aliphatic heterocycles. The number of nitrogens with two attached hydrogens (primary N) is 1. The van der Waals surface area contributed by atoms with E-state index in [0.29, 0.717) is 6.61 Å². The van der Waals surface area contributed by atoms with Crippen molar-refractivity contribution in [2.45, 2.75) is 31.3 Å². The van der Waals surface area contributed by atoms with Crippen LogP contribution < -0.4 is 5.73 Å². The van der Waals surface area contributed by atoms with Gasteiger partial charge in [0.25, 0.3) is 0 Å². The lowest BCUT2D eigenvalue weighted by atomic mass is 10.0. The molecule has 0 rings (SSSR count). The maximum atomic E-state index is 9.90. The molecule has 0 aromatic heterocycles. The van der Waals surface area contributed by atoms with Gasteiger partial charge in [0.1, 0.15) is 24.4 Å². The first kappa shape index (κ1) is 19.1. The number of primary amides is 1. The average molecular weight is 269 g/mol. The van der Waals surface area contributed by atoms with E-state index in [4.69, 9.17) is 25.5 Å². The number of amides is 1. The second-order valence-electron chi connectivity index (χ2n) is 3.11. The Kier molecular flexibility index (Phi) is 11.5. The van der Waals surface area contributed by atoms with E-state index in [1.807, 2.05) is 0 Å². The van der Waals surface area contributed by atoms with Gasteiger partial charge in [-0.3, -0.25) is 0 Å². The molecule has 0 saturated heterocycles. The molecule has 108 valence electrons. The Morgan fingerprint density at radius 2 is 1.78 bits per heavy atom. The molecule has 0 fully saturated rings. The summed E-state index contributed by atoms with van der Waals surface area (Å²) < 4.78 is 4.18. The third-order valence-corrected chi connectivity index (χ3v) is 1.71. The van der Waals surface area contributed by atoms with Crippen molar-refractivity contribution in [3.05, 3.63) is 0 Å². The molecule has 0 saturated carbocycles. The van der Waals surface area contributed by atoms with Crippen molar-refractivity contribution < 1.29 is 39.9 Å². The molecule has 9 heteroatoms. The van der Waals surface area contributed by atoms with Crippen LogP contribution >= 0.6 is 0 Å². The maximum absolute atomic E-state index is 9.90. The second-order valence-corrected chi connectivity index (χ2v) is 3.11. The van der Waals surface area contributed by atoms with Gasteiger partial charge in [0.15, 0.2) is 6.29 Å². The minimum Gasteiger partial charge on any atom is -0.450 e. The van der Waals surface area contributed by atoms with Crippen LogP contribution in [0.1, 0.15) is 6.92 Å². The van der Waals surface area contributed by atoms with E-state index in [0.717, 1.165) is 0 Å². The number of carbonyl (C=O) groups is 2. The van der Waals surface area contributed by atoms with Gasteiger partial charge in [0, 0.05) is 0 Å². The highest BCUT2D eigenvalue weighted by Crippen LogP contribution is 2.02. The zero-order valence-corrected chi connectivity index (χ0v) is 9.84. The third-order valence-electron chi connectivity index (χ3n) is 1.71. The van der Waals surface area contributed by atoms with Crippen molar-refractivity contribution in [3.8, 4) is 0 Å². The monoisotopic (exact) mass is 269 g/mol. The summed E-state index contributed by atoms with van der Waals surface area (Å²) in [6.45, 7) is 1.30. The van der Waals surface area contributed by atoms with Gasteiger partial charge >= 0.3 is 6.09 Å². The first-order chi connectivity index (χ1) is 8.31. The van der Waals surface area contributed by atoms with Gasteiger partial charge < -0.3 is 40.8 Å². The lowest BCUT2D eigenvalue weighted by Crippen LogP contribution is -2.46. The fourth-order valence-electron chi connectivity index (χ4n) is 0.760. The largest absolute Gasteiger partial charge is 0.450 e. The predicted molar refractivity (Wildman–Crippen MR) is 58.4 cm³/mol. The highest BCUT2D eigenvalue weighted by atomic mass is 16.5. The number of aliphatic hydroxyl groups excluding tert-OH is 5. The number of hydrogen-bond acceptors (Lipinski definition) is 8. The summed E-state index contributed by atoms with van der Waals surface area (Å²) in [6.07, 6.45) is -7.55. The van der Waals surface area contributed by atoms with Gasteiger partial charge in [-0.15, -0.1) is 0 Å². The predicted octanol–water partition coefficient (Wildman–Crippen LogP) is -3.28. The summed E-state index contributed by atoms with van der Waals surface area (Å²) in [5.41, 5.74) is 4.54. The molecule has 9 nitrogen and oxygen atoms in total. The standard InChI is InChI=1S/C6H12O6.C3H7NO2/c7-1-3(9)5(11)6(12)4(10)2-8;1-2-6-3(4)5/h1,3-6,8-12H,2H2;2H2,1H3,(H2,4,5). The zero-order valence-electron chi connectivity index (χ0n) is 9.84. The average Bonchev–Trinajstić information content (AvgIpc) is 2.35. The molecule has 4 unspecified atom stereocenters. The molecular formula is C9H19NO8. The van der Waals surface area contributed by atoms with Crippen LogP contribution in [0.2, 0.25) is 0 Å². The zero-order chi connectivity index (χ0) is 14.7. The van der Waals surface area contributed by atoms with Crippen LogP contribution in [0, 0.1) is 0 Å². The quantitative estimate of drug-likeness (QED) is 0.272. The molecule has 18 heavy (non-hydrogen) atoms. The SMILES string of the molecule is CCOC(N)=O.O=CC(O)C(O)C(O)C(O)CO. The lowest BCUT2D eigenvalue weighted by Gasteiger charge is -2.22. The first-order valence-corrected chi connectivity index (χ1v) is 5.02. The molecule has 0 aliphatic carbocycles. The number of carbonyl (C=O) groups excluding carboxylic acids is 2. The molecule has 0 spiro atoms. The third kappa shape index (κ3) is 8.84. The Bertz CT molecular complexity index is 237. The number of aldehydes is 1. The van der Waals surface area contributed by atoms with Gasteiger partial charge in [0.05, 0.1) is 13.2 Å². The molecule has 0 bridgehead atoms. The maximum Gasteiger partial charge on any atom is 0.404 e. The van der Waals surface area contributed by atoms with Crippen LogP contribution in [0.15, 0.2) is 0 Å². The van der Waals surface area contributed by atoms with Crippen molar-refractivity contribution in [1.82, 2.24) is 0 Å². The van der Waals surface area contributed by atoms with E-state index in [1.54, 1.807) is 6.92 Å². The summed E-state index contributed by atoms with van der Waals surface area (Å²) in [4.78, 5) is 19.5. The van der Waals surface area contributed by atoms with E-state index in [-0.39, 0.29) is 6.29 Å². The van der Waals surface area contributed by atoms with Gasteiger partial charge in [-0.2, -0.15) is 0 Å². The summed E-state index contributed by atoms with van der Waals surface area (Å²) in [5.74, 6) is 0. The summed E-state index contributed by atoms with van der Waals surface area (Å²) in [6, 6.07) is 0. The van der Waals surface area contributed by atoms with Gasteiger partial charge in [-0.05, 0) is 6.92 Å². The summed E-state index contributed by atoms with van der Waals surface area (Å²) >= 11 is 0. The fraction of sp³-hybridized carbons (Fsp3) is 0.778. The van der Waals surface area contributed by atoms with E-state index in [2.05, 4.69) is 10.5 Å². The molecule has 4 atom stereocenters. The van der Waals surface area contributed by atoms with Crippen molar-refractivity contribution in [3.63, 3.8) is 0 Å². The molecule has 7 N–H and O–H groups in total. The van der Waals surface area contributed by atoms with Crippen molar-refractivity contribution >= 4 is 12.4 Å². The minimum absolute atomic E-state index is 0.0258. The number of hydrogen-bond donors (Lipinski definition) is 6. The molecule has 0 heterocycles. The Labute approximate surface area is 103 Å². The van der Waals surface area contributed by atoms with E-state index >= 15 is 0 Å². The number of ether oxygens (including phenoxy) is 1. The normalized spacial score (nSPS) is 16.6. The molecule has 0 aromatic rings. The van der Waals surface area contributed by atoms with Crippen LogP contribution in [0.4, 0.5) is 4.79 Å². The van der Waals surface area contributed by atoms with Gasteiger partial charge in [0.2, 0.25) is 0 Å². The highest BCUT2D eigenvalue weighted by Gasteiger charge is 2.29. The number of rotatable bonds is 6. The topological polar surface area (TPSA) is 171 Å². The van der Waals surface area contributed by atoms with Crippen molar-refractivity contribution in [1.29, 1.82) is 0 Å². The van der Waals surface area contributed by atoms with Crippen molar-refractivity contribution in [2.75, 3.05) is 13.2 Å². The van der Waals surface area contributed by atoms with Gasteiger partial charge in [-0.1, -0.05) is 0 Å². The van der Waals surface area contributed by atoms with E-state index in [1.165, 1.54) is 0 Å². The second kappa shape index (κ2) is 10.9. The Hall–Kier alpha value is -1.26. The van der Waals surface area contributed by atoms with Crippen LogP contribution in [-0.4, -0.2) is 75.5 Å². The Morgan fingerprint density at radius 1 is 1.28 bits per heavy atom. The van der Waals surface area contributed by atoms with Crippen molar-refractivity contribution in [2.24, 2.45) is 5.73 Å². The minimum atomic E-state index is -1.79. The molecule has 0 radical (unpaired) electrons. The van der Waals surface area contributed by atoms with Gasteiger partial charge in [-0.25, -0.2) is 4.79 Å². The van der Waals surface area contributed by atoms with Crippen LogP contribution in [0.5, 0.6) is 0 Å². The van der Waals surface area contributed by atoms with E-state index < -0.39 is 37.1 Å². The molecule has 0 aromatic carbocycles. The summed E-state index contributed by atoms with van der Waals surface area (Å²) in [7, 11) is 0. The van der Waals surface area contributed by atoms with Crippen LogP contribution in [0.3, 0.4) is 0 Å².